The van der Waals surface area contributed by atoms with Crippen LogP contribution in [0.1, 0.15) is 16.2 Å². The molecule has 1 amide bonds. The van der Waals surface area contributed by atoms with Gasteiger partial charge < -0.3 is 4.42 Å². The fourth-order valence-corrected chi connectivity index (χ4v) is 2.06. The third kappa shape index (κ3) is 3.94. The number of rotatable bonds is 5. The molecule has 8 heteroatoms. The fraction of sp³-hybridized carbons (Fsp3) is 0. The number of aromatic nitrogens is 1. The van der Waals surface area contributed by atoms with Gasteiger partial charge in [0.05, 0.1) is 11.1 Å². The molecule has 124 valence electrons. The van der Waals surface area contributed by atoms with Crippen LogP contribution in [0.5, 0.6) is 0 Å². The molecule has 0 unspecified atom stereocenters. The number of nitro benzene ring substituents is 1. The first kappa shape index (κ1) is 16.1. The van der Waals surface area contributed by atoms with E-state index in [4.69, 9.17) is 4.42 Å². The van der Waals surface area contributed by atoms with E-state index in [1.165, 1.54) is 24.5 Å². The molecule has 25 heavy (non-hydrogen) atoms. The van der Waals surface area contributed by atoms with Crippen molar-refractivity contribution >= 4 is 17.8 Å². The van der Waals surface area contributed by atoms with Crippen molar-refractivity contribution in [2.75, 3.05) is 0 Å². The average molecular weight is 336 g/mol. The molecule has 0 aliphatic heterocycles. The first-order valence-electron chi connectivity index (χ1n) is 7.22. The number of benzene rings is 1. The number of carbonyl (C=O) groups excluding carboxylic acids is 1. The van der Waals surface area contributed by atoms with Crippen LogP contribution in [0.3, 0.4) is 0 Å². The van der Waals surface area contributed by atoms with E-state index in [1.807, 2.05) is 0 Å². The molecule has 1 aromatic carbocycles. The van der Waals surface area contributed by atoms with E-state index >= 15 is 0 Å². The second-order valence-corrected chi connectivity index (χ2v) is 4.92. The molecule has 8 nitrogen and oxygen atoms in total. The minimum Gasteiger partial charge on any atom is -0.455 e. The summed E-state index contributed by atoms with van der Waals surface area (Å²) in [5, 5.41) is 14.6. The van der Waals surface area contributed by atoms with Crippen LogP contribution in [0.25, 0.3) is 11.3 Å². The summed E-state index contributed by atoms with van der Waals surface area (Å²) in [4.78, 5) is 26.0. The Bertz CT molecular complexity index is 935. The number of nitro groups is 1. The van der Waals surface area contributed by atoms with E-state index in [0.717, 1.165) is 0 Å². The van der Waals surface area contributed by atoms with E-state index in [1.54, 1.807) is 42.5 Å². The van der Waals surface area contributed by atoms with E-state index in [-0.39, 0.29) is 11.4 Å². The van der Waals surface area contributed by atoms with Crippen LogP contribution in [0.15, 0.2) is 70.3 Å². The van der Waals surface area contributed by atoms with Gasteiger partial charge in [-0.3, -0.25) is 19.9 Å². The van der Waals surface area contributed by atoms with Crippen LogP contribution in [-0.4, -0.2) is 22.0 Å². The van der Waals surface area contributed by atoms with Crippen molar-refractivity contribution in [1.29, 1.82) is 0 Å². The standard InChI is InChI=1S/C17H12N4O4/c22-17(15-6-1-2-9-18-15)20-19-11-14-7-8-16(25-14)12-4-3-5-13(10-12)21(23)24/h1-11H,(H,20,22)/b19-11-. The number of furan rings is 1. The van der Waals surface area contributed by atoms with Crippen molar-refractivity contribution in [2.24, 2.45) is 5.10 Å². The van der Waals surface area contributed by atoms with Crippen molar-refractivity contribution < 1.29 is 14.1 Å². The lowest BCUT2D eigenvalue weighted by Gasteiger charge is -1.97. The van der Waals surface area contributed by atoms with Gasteiger partial charge in [0.15, 0.2) is 0 Å². The molecule has 0 aliphatic rings. The maximum Gasteiger partial charge on any atom is 0.289 e. The van der Waals surface area contributed by atoms with E-state index in [0.29, 0.717) is 17.1 Å². The van der Waals surface area contributed by atoms with E-state index in [9.17, 15) is 14.9 Å². The minimum absolute atomic E-state index is 0.0215. The highest BCUT2D eigenvalue weighted by molar-refractivity contribution is 5.92. The van der Waals surface area contributed by atoms with Crippen molar-refractivity contribution in [2.45, 2.75) is 0 Å². The molecule has 0 saturated heterocycles. The van der Waals surface area contributed by atoms with Gasteiger partial charge >= 0.3 is 0 Å². The monoisotopic (exact) mass is 336 g/mol. The van der Waals surface area contributed by atoms with E-state index < -0.39 is 10.8 Å². The molecule has 0 bridgehead atoms. The first-order valence-corrected chi connectivity index (χ1v) is 7.22. The van der Waals surface area contributed by atoms with Crippen LogP contribution < -0.4 is 5.43 Å². The molecule has 2 heterocycles. The van der Waals surface area contributed by atoms with Crippen LogP contribution >= 0.6 is 0 Å². The highest BCUT2D eigenvalue weighted by atomic mass is 16.6. The lowest BCUT2D eigenvalue weighted by molar-refractivity contribution is -0.384. The van der Waals surface area contributed by atoms with Gasteiger partial charge in [-0.25, -0.2) is 5.43 Å². The molecule has 0 saturated carbocycles. The minimum atomic E-state index is -0.470. The molecular formula is C17H12N4O4. The number of nitrogens with zero attached hydrogens (tertiary/aromatic N) is 3. The highest BCUT2D eigenvalue weighted by Crippen LogP contribution is 2.25. The fourth-order valence-electron chi connectivity index (χ4n) is 2.06. The number of non-ortho nitro benzene ring substituents is 1. The van der Waals surface area contributed by atoms with E-state index in [2.05, 4.69) is 15.5 Å². The van der Waals surface area contributed by atoms with Gasteiger partial charge in [-0.2, -0.15) is 5.10 Å². The zero-order valence-electron chi connectivity index (χ0n) is 12.8. The zero-order valence-corrected chi connectivity index (χ0v) is 12.8. The SMILES string of the molecule is O=C(N/N=C\c1ccc(-c2cccc([N+](=O)[O-])c2)o1)c1ccccn1. The smallest absolute Gasteiger partial charge is 0.289 e. The quantitative estimate of drug-likeness (QED) is 0.437. The van der Waals surface area contributed by atoms with Crippen LogP contribution in [0.2, 0.25) is 0 Å². The summed E-state index contributed by atoms with van der Waals surface area (Å²) in [5.41, 5.74) is 3.14. The molecule has 0 radical (unpaired) electrons. The summed E-state index contributed by atoms with van der Waals surface area (Å²) in [6.07, 6.45) is 2.85. The van der Waals surface area contributed by atoms with Gasteiger partial charge in [0.2, 0.25) is 0 Å². The molecule has 2 aromatic heterocycles. The summed E-state index contributed by atoms with van der Waals surface area (Å²) in [5.74, 6) is 0.409. The predicted octanol–water partition coefficient (Wildman–Crippen LogP) is 3.01. The molecule has 0 spiro atoms. The molecule has 3 rings (SSSR count). The number of amides is 1. The normalized spacial score (nSPS) is 10.7. The second-order valence-electron chi connectivity index (χ2n) is 4.92. The lowest BCUT2D eigenvalue weighted by atomic mass is 10.1. The second kappa shape index (κ2) is 7.18. The molecule has 0 aliphatic carbocycles. The van der Waals surface area contributed by atoms with Gasteiger partial charge in [-0.05, 0) is 24.3 Å². The number of pyridine rings is 1. The topological polar surface area (TPSA) is 111 Å². The van der Waals surface area contributed by atoms with Crippen molar-refractivity contribution in [3.05, 3.63) is 82.4 Å². The third-order valence-corrected chi connectivity index (χ3v) is 3.22. The summed E-state index contributed by atoms with van der Waals surface area (Å²) < 4.78 is 5.55. The number of carbonyl (C=O) groups is 1. The molecular weight excluding hydrogens is 324 g/mol. The Kier molecular flexibility index (Phi) is 4.61. The summed E-state index contributed by atoms with van der Waals surface area (Å²) in [6.45, 7) is 0. The lowest BCUT2D eigenvalue weighted by Crippen LogP contribution is -2.18. The first-order chi connectivity index (χ1) is 12.1. The van der Waals surface area contributed by atoms with Gasteiger partial charge in [0, 0.05) is 23.9 Å². The Morgan fingerprint density at radius 3 is 2.84 bits per heavy atom. The number of hydrogen-bond donors (Lipinski definition) is 1. The van der Waals surface area contributed by atoms with Gasteiger partial charge in [0.25, 0.3) is 11.6 Å². The van der Waals surface area contributed by atoms with Crippen LogP contribution in [-0.2, 0) is 0 Å². The number of hydrogen-bond acceptors (Lipinski definition) is 6. The number of hydrazone groups is 1. The summed E-state index contributed by atoms with van der Waals surface area (Å²) in [7, 11) is 0. The zero-order chi connectivity index (χ0) is 17.6. The maximum absolute atomic E-state index is 11.8. The Morgan fingerprint density at radius 2 is 2.08 bits per heavy atom. The van der Waals surface area contributed by atoms with Crippen molar-refractivity contribution in [3.8, 4) is 11.3 Å². The maximum atomic E-state index is 11.8. The summed E-state index contributed by atoms with van der Waals surface area (Å²) in [6, 6.07) is 14.4. The molecule has 3 aromatic rings. The number of nitrogens with one attached hydrogen (secondary N) is 1. The predicted molar refractivity (Wildman–Crippen MR) is 90.1 cm³/mol. The summed E-state index contributed by atoms with van der Waals surface area (Å²) >= 11 is 0. The third-order valence-electron chi connectivity index (χ3n) is 3.22. The molecule has 0 atom stereocenters. The Hall–Kier alpha value is -3.81. The van der Waals surface area contributed by atoms with Crippen molar-refractivity contribution in [1.82, 2.24) is 10.4 Å². The van der Waals surface area contributed by atoms with Gasteiger partial charge in [-0.1, -0.05) is 18.2 Å². The Balaban J connectivity index is 1.68. The van der Waals surface area contributed by atoms with Crippen LogP contribution in [0.4, 0.5) is 5.69 Å². The van der Waals surface area contributed by atoms with Gasteiger partial charge in [0.1, 0.15) is 17.2 Å². The Labute approximate surface area is 142 Å². The molecule has 0 fully saturated rings. The van der Waals surface area contributed by atoms with Gasteiger partial charge in [-0.15, -0.1) is 0 Å². The highest BCUT2D eigenvalue weighted by Gasteiger charge is 2.10. The van der Waals surface area contributed by atoms with Crippen LogP contribution in [0, 0.1) is 10.1 Å². The largest absolute Gasteiger partial charge is 0.455 e. The molecule has 1 N–H and O–H groups in total. The average Bonchev–Trinajstić information content (AvgIpc) is 3.11. The van der Waals surface area contributed by atoms with Crippen molar-refractivity contribution in [3.63, 3.8) is 0 Å². The Morgan fingerprint density at radius 1 is 1.20 bits per heavy atom.